The Hall–Kier alpha value is -1.58. The normalized spacial score (nSPS) is 10.8. The number of nitrogens with zero attached hydrogens (tertiary/aromatic N) is 2. The average molecular weight is 291 g/mol. The van der Waals surface area contributed by atoms with Crippen molar-refractivity contribution < 1.29 is 4.79 Å². The first-order chi connectivity index (χ1) is 9.97. The van der Waals surface area contributed by atoms with E-state index in [1.807, 2.05) is 19.2 Å². The number of amides is 1. The van der Waals surface area contributed by atoms with E-state index in [2.05, 4.69) is 38.0 Å². The van der Waals surface area contributed by atoms with E-state index in [-0.39, 0.29) is 5.91 Å². The highest BCUT2D eigenvalue weighted by Gasteiger charge is 2.14. The van der Waals surface area contributed by atoms with Gasteiger partial charge in [0.25, 0.3) is 5.91 Å². The van der Waals surface area contributed by atoms with Crippen molar-refractivity contribution in [3.63, 3.8) is 0 Å². The molecule has 21 heavy (non-hydrogen) atoms. The Balaban J connectivity index is 2.86. The van der Waals surface area contributed by atoms with E-state index in [0.29, 0.717) is 5.92 Å². The van der Waals surface area contributed by atoms with Gasteiger partial charge in [-0.15, -0.1) is 0 Å². The number of rotatable bonds is 8. The number of hydrogen-bond acceptors (Lipinski definition) is 3. The lowest BCUT2D eigenvalue weighted by Crippen LogP contribution is -2.28. The molecule has 1 N–H and O–H groups in total. The molecule has 4 heteroatoms. The quantitative estimate of drug-likeness (QED) is 0.796. The number of aryl methyl sites for hydroxylation is 1. The zero-order valence-electron chi connectivity index (χ0n) is 14.1. The van der Waals surface area contributed by atoms with Crippen LogP contribution in [0.3, 0.4) is 0 Å². The topological polar surface area (TPSA) is 45.2 Å². The highest BCUT2D eigenvalue weighted by molar-refractivity contribution is 5.94. The van der Waals surface area contributed by atoms with Crippen molar-refractivity contribution in [1.29, 1.82) is 0 Å². The van der Waals surface area contributed by atoms with E-state index in [1.54, 1.807) is 4.90 Å². The second kappa shape index (κ2) is 8.65. The maximum absolute atomic E-state index is 12.5. The molecule has 0 atom stereocenters. The summed E-state index contributed by atoms with van der Waals surface area (Å²) >= 11 is 0. The van der Waals surface area contributed by atoms with Crippen LogP contribution in [-0.2, 0) is 6.42 Å². The van der Waals surface area contributed by atoms with E-state index in [0.717, 1.165) is 49.4 Å². The fourth-order valence-electron chi connectivity index (χ4n) is 2.01. The monoisotopic (exact) mass is 291 g/mol. The third kappa shape index (κ3) is 5.74. The first-order valence-electron chi connectivity index (χ1n) is 7.98. The molecule has 1 aromatic heterocycles. The van der Waals surface area contributed by atoms with Crippen molar-refractivity contribution in [2.75, 3.05) is 25.5 Å². The number of pyridine rings is 1. The zero-order chi connectivity index (χ0) is 15.8. The summed E-state index contributed by atoms with van der Waals surface area (Å²) in [4.78, 5) is 18.8. The smallest absolute Gasteiger partial charge is 0.253 e. The summed E-state index contributed by atoms with van der Waals surface area (Å²) in [7, 11) is 1.87. The molecule has 0 fully saturated rings. The van der Waals surface area contributed by atoms with Crippen molar-refractivity contribution in [2.24, 2.45) is 5.92 Å². The molecule has 0 saturated carbocycles. The van der Waals surface area contributed by atoms with Gasteiger partial charge in [-0.2, -0.15) is 0 Å². The van der Waals surface area contributed by atoms with Gasteiger partial charge in [-0.25, -0.2) is 4.98 Å². The van der Waals surface area contributed by atoms with Crippen LogP contribution in [0.2, 0.25) is 0 Å². The van der Waals surface area contributed by atoms with E-state index >= 15 is 0 Å². The molecule has 4 nitrogen and oxygen atoms in total. The standard InChI is InChI=1S/C17H29N3O/c1-6-9-18-16-12-14(11-15(7-2)19-16)17(21)20(5)10-8-13(3)4/h11-13H,6-10H2,1-5H3,(H,18,19). The van der Waals surface area contributed by atoms with E-state index in [9.17, 15) is 4.79 Å². The van der Waals surface area contributed by atoms with E-state index < -0.39 is 0 Å². The third-order valence-corrected chi connectivity index (χ3v) is 3.43. The first-order valence-corrected chi connectivity index (χ1v) is 7.98. The Morgan fingerprint density at radius 2 is 2.05 bits per heavy atom. The van der Waals surface area contributed by atoms with Crippen LogP contribution in [0.5, 0.6) is 0 Å². The summed E-state index contributed by atoms with van der Waals surface area (Å²) < 4.78 is 0. The Kier molecular flexibility index (Phi) is 7.20. The summed E-state index contributed by atoms with van der Waals surface area (Å²) in [6.45, 7) is 10.2. The van der Waals surface area contributed by atoms with E-state index in [1.165, 1.54) is 0 Å². The van der Waals surface area contributed by atoms with Gasteiger partial charge in [-0.05, 0) is 37.3 Å². The summed E-state index contributed by atoms with van der Waals surface area (Å²) in [5.74, 6) is 1.48. The fourth-order valence-corrected chi connectivity index (χ4v) is 2.01. The summed E-state index contributed by atoms with van der Waals surface area (Å²) in [6, 6.07) is 3.77. The number of carbonyl (C=O) groups excluding carboxylic acids is 1. The number of hydrogen-bond donors (Lipinski definition) is 1. The van der Waals surface area contributed by atoms with Crippen molar-refractivity contribution in [1.82, 2.24) is 9.88 Å². The molecule has 0 aromatic carbocycles. The van der Waals surface area contributed by atoms with Crippen LogP contribution >= 0.6 is 0 Å². The van der Waals surface area contributed by atoms with Crippen LogP contribution in [0.25, 0.3) is 0 Å². The molecule has 0 bridgehead atoms. The van der Waals surface area contributed by atoms with Crippen LogP contribution in [-0.4, -0.2) is 35.9 Å². The second-order valence-corrected chi connectivity index (χ2v) is 5.92. The minimum Gasteiger partial charge on any atom is -0.370 e. The molecule has 0 radical (unpaired) electrons. The Morgan fingerprint density at radius 3 is 2.62 bits per heavy atom. The molecular formula is C17H29N3O. The fraction of sp³-hybridized carbons (Fsp3) is 0.647. The zero-order valence-corrected chi connectivity index (χ0v) is 14.1. The minimum absolute atomic E-state index is 0.0762. The average Bonchev–Trinajstić information content (AvgIpc) is 2.49. The summed E-state index contributed by atoms with van der Waals surface area (Å²) in [6.07, 6.45) is 2.89. The maximum atomic E-state index is 12.5. The van der Waals surface area contributed by atoms with Crippen molar-refractivity contribution in [3.8, 4) is 0 Å². The number of aromatic nitrogens is 1. The van der Waals surface area contributed by atoms with Gasteiger partial charge in [0.05, 0.1) is 0 Å². The van der Waals surface area contributed by atoms with Crippen molar-refractivity contribution >= 4 is 11.7 Å². The molecule has 1 amide bonds. The van der Waals surface area contributed by atoms with Gasteiger partial charge in [0, 0.05) is 31.4 Å². The first kappa shape index (κ1) is 17.5. The lowest BCUT2D eigenvalue weighted by molar-refractivity contribution is 0.0789. The molecule has 118 valence electrons. The SMILES string of the molecule is CCCNc1cc(C(=O)N(C)CCC(C)C)cc(CC)n1. The van der Waals surface area contributed by atoms with Crippen molar-refractivity contribution in [2.45, 2.75) is 47.0 Å². The lowest BCUT2D eigenvalue weighted by Gasteiger charge is -2.19. The number of nitrogens with one attached hydrogen (secondary N) is 1. The molecular weight excluding hydrogens is 262 g/mol. The number of carbonyl (C=O) groups is 1. The second-order valence-electron chi connectivity index (χ2n) is 5.92. The third-order valence-electron chi connectivity index (χ3n) is 3.43. The highest BCUT2D eigenvalue weighted by Crippen LogP contribution is 2.14. The van der Waals surface area contributed by atoms with Gasteiger partial charge in [0.2, 0.25) is 0 Å². The minimum atomic E-state index is 0.0762. The number of anilines is 1. The summed E-state index contributed by atoms with van der Waals surface area (Å²) in [5.41, 5.74) is 1.68. The van der Waals surface area contributed by atoms with Crippen LogP contribution in [0.15, 0.2) is 12.1 Å². The Morgan fingerprint density at radius 1 is 1.33 bits per heavy atom. The molecule has 0 aliphatic carbocycles. The van der Waals surface area contributed by atoms with Crippen molar-refractivity contribution in [3.05, 3.63) is 23.4 Å². The summed E-state index contributed by atoms with van der Waals surface area (Å²) in [5, 5.41) is 3.27. The predicted molar refractivity (Wildman–Crippen MR) is 88.8 cm³/mol. The predicted octanol–water partition coefficient (Wildman–Crippen LogP) is 3.58. The largest absolute Gasteiger partial charge is 0.370 e. The van der Waals surface area contributed by atoms with Crippen LogP contribution in [0.4, 0.5) is 5.82 Å². The van der Waals surface area contributed by atoms with Gasteiger partial charge in [-0.3, -0.25) is 4.79 Å². The van der Waals surface area contributed by atoms with E-state index in [4.69, 9.17) is 0 Å². The molecule has 1 rings (SSSR count). The van der Waals surface area contributed by atoms with Gasteiger partial charge in [-0.1, -0.05) is 27.7 Å². The molecule has 0 aliphatic heterocycles. The molecule has 0 spiro atoms. The van der Waals surface area contributed by atoms with Crippen LogP contribution in [0.1, 0.15) is 56.6 Å². The highest BCUT2D eigenvalue weighted by atomic mass is 16.2. The lowest BCUT2D eigenvalue weighted by atomic mass is 10.1. The molecule has 0 saturated heterocycles. The molecule has 0 aliphatic rings. The van der Waals surface area contributed by atoms with Gasteiger partial charge in [0.15, 0.2) is 0 Å². The Bertz CT molecular complexity index is 457. The van der Waals surface area contributed by atoms with Gasteiger partial charge >= 0.3 is 0 Å². The molecule has 0 unspecified atom stereocenters. The molecule has 1 heterocycles. The van der Waals surface area contributed by atoms with Gasteiger partial charge in [0.1, 0.15) is 5.82 Å². The van der Waals surface area contributed by atoms with Crippen LogP contribution in [0, 0.1) is 5.92 Å². The molecule has 1 aromatic rings. The Labute approximate surface area is 129 Å². The van der Waals surface area contributed by atoms with Crippen LogP contribution < -0.4 is 5.32 Å². The van der Waals surface area contributed by atoms with Gasteiger partial charge < -0.3 is 10.2 Å². The maximum Gasteiger partial charge on any atom is 0.253 e.